The molecule has 13 heavy (non-hydrogen) atoms. The van der Waals surface area contributed by atoms with Gasteiger partial charge in [0.1, 0.15) is 0 Å². The molecule has 0 aliphatic carbocycles. The van der Waals surface area contributed by atoms with Gasteiger partial charge in [-0.3, -0.25) is 0 Å². The van der Waals surface area contributed by atoms with Gasteiger partial charge in [0.05, 0.1) is 12.7 Å². The quantitative estimate of drug-likeness (QED) is 0.672. The Labute approximate surface area is 81.6 Å². The Morgan fingerprint density at radius 3 is 2.62 bits per heavy atom. The Morgan fingerprint density at radius 2 is 2.15 bits per heavy atom. The number of hydrogen-bond acceptors (Lipinski definition) is 2. The first-order chi connectivity index (χ1) is 6.03. The molecular formula is C11H22O2. The van der Waals surface area contributed by atoms with Crippen LogP contribution in [0.4, 0.5) is 0 Å². The largest absolute Gasteiger partial charge is 0.348 e. The van der Waals surface area contributed by atoms with Crippen molar-refractivity contribution in [1.29, 1.82) is 0 Å². The minimum absolute atomic E-state index is 0.323. The van der Waals surface area contributed by atoms with Crippen molar-refractivity contribution in [2.75, 3.05) is 6.61 Å². The Kier molecular flexibility index (Phi) is 3.74. The molecule has 0 N–H and O–H groups in total. The van der Waals surface area contributed by atoms with Crippen LogP contribution < -0.4 is 0 Å². The van der Waals surface area contributed by atoms with E-state index >= 15 is 0 Å². The van der Waals surface area contributed by atoms with Gasteiger partial charge in [-0.05, 0) is 32.6 Å². The standard InChI is InChI=1S/C11H22O2/c1-5-9(2)6-7-10-8-12-11(3,4)13-10/h9-10H,5-8H2,1-4H3. The van der Waals surface area contributed by atoms with E-state index in [1.807, 2.05) is 13.8 Å². The van der Waals surface area contributed by atoms with Crippen molar-refractivity contribution in [2.45, 2.75) is 58.8 Å². The van der Waals surface area contributed by atoms with Gasteiger partial charge in [-0.1, -0.05) is 20.3 Å². The van der Waals surface area contributed by atoms with Crippen LogP contribution in [0.1, 0.15) is 47.0 Å². The molecule has 0 aromatic rings. The van der Waals surface area contributed by atoms with Gasteiger partial charge < -0.3 is 9.47 Å². The second-order valence-electron chi connectivity index (χ2n) is 4.54. The highest BCUT2D eigenvalue weighted by Crippen LogP contribution is 2.26. The summed E-state index contributed by atoms with van der Waals surface area (Å²) < 4.78 is 11.2. The Morgan fingerprint density at radius 1 is 1.46 bits per heavy atom. The zero-order chi connectivity index (χ0) is 9.90. The van der Waals surface area contributed by atoms with E-state index in [0.29, 0.717) is 6.10 Å². The van der Waals surface area contributed by atoms with Crippen LogP contribution in [0.5, 0.6) is 0 Å². The van der Waals surface area contributed by atoms with Gasteiger partial charge >= 0.3 is 0 Å². The summed E-state index contributed by atoms with van der Waals surface area (Å²) in [4.78, 5) is 0. The first-order valence-electron chi connectivity index (χ1n) is 5.35. The Balaban J connectivity index is 2.17. The summed E-state index contributed by atoms with van der Waals surface area (Å²) in [5, 5.41) is 0. The maximum absolute atomic E-state index is 5.72. The molecule has 0 aromatic carbocycles. The van der Waals surface area contributed by atoms with Crippen LogP contribution >= 0.6 is 0 Å². The molecule has 78 valence electrons. The fourth-order valence-corrected chi connectivity index (χ4v) is 1.58. The predicted molar refractivity (Wildman–Crippen MR) is 53.6 cm³/mol. The molecule has 1 rings (SSSR count). The molecule has 0 saturated carbocycles. The smallest absolute Gasteiger partial charge is 0.163 e. The van der Waals surface area contributed by atoms with Crippen LogP contribution in [0.25, 0.3) is 0 Å². The van der Waals surface area contributed by atoms with Gasteiger partial charge in [0.25, 0.3) is 0 Å². The summed E-state index contributed by atoms with van der Waals surface area (Å²) in [5.41, 5.74) is 0. The molecule has 1 aliphatic rings. The molecular weight excluding hydrogens is 164 g/mol. The van der Waals surface area contributed by atoms with Crippen molar-refractivity contribution in [1.82, 2.24) is 0 Å². The van der Waals surface area contributed by atoms with Gasteiger partial charge in [-0.2, -0.15) is 0 Å². The zero-order valence-electron chi connectivity index (χ0n) is 9.30. The number of hydrogen-bond donors (Lipinski definition) is 0. The maximum Gasteiger partial charge on any atom is 0.163 e. The SMILES string of the molecule is CCC(C)CCC1COC(C)(C)O1. The van der Waals surface area contributed by atoms with Crippen LogP contribution in [0.15, 0.2) is 0 Å². The molecule has 2 atom stereocenters. The van der Waals surface area contributed by atoms with E-state index in [4.69, 9.17) is 9.47 Å². The molecule has 0 radical (unpaired) electrons. The molecule has 2 nitrogen and oxygen atoms in total. The number of rotatable bonds is 4. The van der Waals surface area contributed by atoms with Gasteiger partial charge in [0.2, 0.25) is 0 Å². The fraction of sp³-hybridized carbons (Fsp3) is 1.00. The lowest BCUT2D eigenvalue weighted by molar-refractivity contribution is -0.139. The van der Waals surface area contributed by atoms with E-state index in [-0.39, 0.29) is 5.79 Å². The first kappa shape index (κ1) is 11.0. The van der Waals surface area contributed by atoms with Crippen molar-refractivity contribution in [3.05, 3.63) is 0 Å². The van der Waals surface area contributed by atoms with Crippen molar-refractivity contribution in [3.63, 3.8) is 0 Å². The van der Waals surface area contributed by atoms with Crippen LogP contribution in [0, 0.1) is 5.92 Å². The van der Waals surface area contributed by atoms with E-state index in [9.17, 15) is 0 Å². The molecule has 1 aliphatic heterocycles. The summed E-state index contributed by atoms with van der Waals surface area (Å²) >= 11 is 0. The zero-order valence-corrected chi connectivity index (χ0v) is 9.30. The molecule has 1 fully saturated rings. The summed E-state index contributed by atoms with van der Waals surface area (Å²) in [6.45, 7) is 9.26. The highest BCUT2D eigenvalue weighted by molar-refractivity contribution is 4.71. The predicted octanol–water partition coefficient (Wildman–Crippen LogP) is 2.96. The van der Waals surface area contributed by atoms with Crippen LogP contribution in [-0.2, 0) is 9.47 Å². The third-order valence-electron chi connectivity index (χ3n) is 2.75. The lowest BCUT2D eigenvalue weighted by Gasteiger charge is -2.17. The Hall–Kier alpha value is -0.0800. The maximum atomic E-state index is 5.72. The topological polar surface area (TPSA) is 18.5 Å². The Bertz CT molecular complexity index is 154. The fourth-order valence-electron chi connectivity index (χ4n) is 1.58. The van der Waals surface area contributed by atoms with E-state index in [1.165, 1.54) is 12.8 Å². The normalized spacial score (nSPS) is 29.1. The van der Waals surface area contributed by atoms with Crippen molar-refractivity contribution >= 4 is 0 Å². The van der Waals surface area contributed by atoms with Crippen LogP contribution in [0.2, 0.25) is 0 Å². The molecule has 0 bridgehead atoms. The minimum Gasteiger partial charge on any atom is -0.348 e. The first-order valence-corrected chi connectivity index (χ1v) is 5.35. The monoisotopic (exact) mass is 186 g/mol. The van der Waals surface area contributed by atoms with Crippen LogP contribution in [0.3, 0.4) is 0 Å². The van der Waals surface area contributed by atoms with Crippen molar-refractivity contribution in [3.8, 4) is 0 Å². The van der Waals surface area contributed by atoms with E-state index in [1.54, 1.807) is 0 Å². The van der Waals surface area contributed by atoms with Gasteiger partial charge in [-0.25, -0.2) is 0 Å². The molecule has 0 aromatic heterocycles. The van der Waals surface area contributed by atoms with Crippen LogP contribution in [-0.4, -0.2) is 18.5 Å². The summed E-state index contributed by atoms with van der Waals surface area (Å²) in [7, 11) is 0. The van der Waals surface area contributed by atoms with Gasteiger partial charge in [-0.15, -0.1) is 0 Å². The average Bonchev–Trinajstić information content (AvgIpc) is 2.41. The lowest BCUT2D eigenvalue weighted by atomic mass is 10.0. The molecule has 0 amide bonds. The van der Waals surface area contributed by atoms with E-state index < -0.39 is 0 Å². The minimum atomic E-state index is -0.347. The average molecular weight is 186 g/mol. The second-order valence-corrected chi connectivity index (χ2v) is 4.54. The van der Waals surface area contributed by atoms with E-state index in [2.05, 4.69) is 13.8 Å². The highest BCUT2D eigenvalue weighted by atomic mass is 16.7. The third-order valence-corrected chi connectivity index (χ3v) is 2.75. The van der Waals surface area contributed by atoms with Gasteiger partial charge in [0.15, 0.2) is 5.79 Å². The summed E-state index contributed by atoms with van der Waals surface area (Å²) in [6, 6.07) is 0. The van der Waals surface area contributed by atoms with Crippen molar-refractivity contribution < 1.29 is 9.47 Å². The third kappa shape index (κ3) is 3.65. The summed E-state index contributed by atoms with van der Waals surface area (Å²) in [5.74, 6) is 0.465. The van der Waals surface area contributed by atoms with Crippen molar-refractivity contribution in [2.24, 2.45) is 5.92 Å². The van der Waals surface area contributed by atoms with E-state index in [0.717, 1.165) is 18.9 Å². The molecule has 2 unspecified atom stereocenters. The molecule has 0 spiro atoms. The number of ether oxygens (including phenoxy) is 2. The molecule has 1 saturated heterocycles. The molecule has 1 heterocycles. The van der Waals surface area contributed by atoms with Gasteiger partial charge in [0, 0.05) is 0 Å². The second kappa shape index (κ2) is 4.43. The highest BCUT2D eigenvalue weighted by Gasteiger charge is 2.32. The summed E-state index contributed by atoms with van der Waals surface area (Å²) in [6.07, 6.45) is 3.97. The molecule has 2 heteroatoms. The lowest BCUT2D eigenvalue weighted by Crippen LogP contribution is -2.21.